The summed E-state index contributed by atoms with van der Waals surface area (Å²) in [5.41, 5.74) is 0.306. The highest BCUT2D eigenvalue weighted by molar-refractivity contribution is 6.31. The van der Waals surface area contributed by atoms with E-state index in [4.69, 9.17) is 16.3 Å². The van der Waals surface area contributed by atoms with Crippen LogP contribution in [0.2, 0.25) is 5.02 Å². The van der Waals surface area contributed by atoms with Crippen molar-refractivity contribution >= 4 is 29.1 Å². The lowest BCUT2D eigenvalue weighted by molar-refractivity contribution is -0.124. The monoisotopic (exact) mass is 293 g/mol. The molecule has 3 aliphatic rings. The second kappa shape index (κ2) is 3.90. The molecule has 4 rings (SSSR count). The zero-order valence-corrected chi connectivity index (χ0v) is 10.9. The van der Waals surface area contributed by atoms with Gasteiger partial charge in [0.1, 0.15) is 5.82 Å². The highest BCUT2D eigenvalue weighted by Crippen LogP contribution is 2.46. The number of anilines is 1. The Balaban J connectivity index is 1.76. The lowest BCUT2D eigenvalue weighted by Crippen LogP contribution is -2.34. The van der Waals surface area contributed by atoms with Crippen molar-refractivity contribution in [3.8, 4) is 0 Å². The molecule has 0 saturated carbocycles. The van der Waals surface area contributed by atoms with E-state index in [0.717, 1.165) is 11.0 Å². The van der Waals surface area contributed by atoms with Crippen LogP contribution in [0.3, 0.4) is 0 Å². The number of halogens is 2. The van der Waals surface area contributed by atoms with Crippen LogP contribution in [0.15, 0.2) is 30.4 Å². The van der Waals surface area contributed by atoms with E-state index in [1.54, 1.807) is 0 Å². The predicted molar refractivity (Wildman–Crippen MR) is 68.7 cm³/mol. The molecule has 0 N–H and O–H groups in total. The van der Waals surface area contributed by atoms with Gasteiger partial charge in [-0.3, -0.25) is 9.59 Å². The third-order valence-corrected chi connectivity index (χ3v) is 4.36. The standard InChI is InChI=1S/C14H9ClFNO3/c15-7-5-6(1-2-8(7)16)17-13(18)11-9-3-4-10(20-9)12(11)14(17)19/h1-5,9-12H/t9-,10-,11-,12+/m0/s1. The second-order valence-electron chi connectivity index (χ2n) is 5.11. The number of hydrogen-bond donors (Lipinski definition) is 0. The fourth-order valence-corrected chi connectivity index (χ4v) is 3.36. The van der Waals surface area contributed by atoms with Gasteiger partial charge in [0.05, 0.1) is 34.8 Å². The minimum Gasteiger partial charge on any atom is -0.365 e. The fourth-order valence-electron chi connectivity index (χ4n) is 3.18. The van der Waals surface area contributed by atoms with Gasteiger partial charge < -0.3 is 4.74 Å². The van der Waals surface area contributed by atoms with E-state index in [-0.39, 0.29) is 29.0 Å². The molecule has 2 saturated heterocycles. The van der Waals surface area contributed by atoms with Crippen molar-refractivity contribution < 1.29 is 18.7 Å². The molecule has 3 heterocycles. The van der Waals surface area contributed by atoms with Crippen molar-refractivity contribution in [2.75, 3.05) is 4.90 Å². The first-order valence-corrected chi connectivity index (χ1v) is 6.62. The molecular formula is C14H9ClFNO3. The average molecular weight is 294 g/mol. The summed E-state index contributed by atoms with van der Waals surface area (Å²) in [6, 6.07) is 3.83. The van der Waals surface area contributed by atoms with Crippen LogP contribution < -0.4 is 4.90 Å². The molecule has 3 aliphatic heterocycles. The van der Waals surface area contributed by atoms with Crippen LogP contribution in [0.4, 0.5) is 10.1 Å². The van der Waals surface area contributed by atoms with Crippen molar-refractivity contribution in [2.45, 2.75) is 12.2 Å². The third-order valence-electron chi connectivity index (χ3n) is 4.07. The van der Waals surface area contributed by atoms with Crippen LogP contribution in [0.25, 0.3) is 0 Å². The molecule has 0 radical (unpaired) electrons. The van der Waals surface area contributed by atoms with Crippen LogP contribution in [0.1, 0.15) is 0 Å². The largest absolute Gasteiger partial charge is 0.365 e. The van der Waals surface area contributed by atoms with Gasteiger partial charge in [-0.15, -0.1) is 0 Å². The number of rotatable bonds is 1. The first-order valence-electron chi connectivity index (χ1n) is 6.24. The number of amides is 2. The number of carbonyl (C=O) groups is 2. The van der Waals surface area contributed by atoms with E-state index in [1.165, 1.54) is 12.1 Å². The van der Waals surface area contributed by atoms with E-state index >= 15 is 0 Å². The Bertz CT molecular complexity index is 644. The zero-order chi connectivity index (χ0) is 14.0. The fraction of sp³-hybridized carbons (Fsp3) is 0.286. The highest BCUT2D eigenvalue weighted by atomic mass is 35.5. The Morgan fingerprint density at radius 3 is 2.25 bits per heavy atom. The van der Waals surface area contributed by atoms with E-state index < -0.39 is 17.7 Å². The first kappa shape index (κ1) is 12.1. The first-order chi connectivity index (χ1) is 9.58. The van der Waals surface area contributed by atoms with Crippen molar-refractivity contribution in [3.05, 3.63) is 41.2 Å². The number of nitrogens with zero attached hydrogens (tertiary/aromatic N) is 1. The van der Waals surface area contributed by atoms with Gasteiger partial charge in [-0.05, 0) is 18.2 Å². The maximum absolute atomic E-state index is 13.2. The molecule has 1 aromatic carbocycles. The van der Waals surface area contributed by atoms with E-state index in [0.29, 0.717) is 5.69 Å². The van der Waals surface area contributed by atoms with Crippen LogP contribution in [-0.2, 0) is 14.3 Å². The Morgan fingerprint density at radius 1 is 1.10 bits per heavy atom. The third kappa shape index (κ3) is 1.39. The molecule has 2 fully saturated rings. The number of carbonyl (C=O) groups excluding carboxylic acids is 2. The summed E-state index contributed by atoms with van der Waals surface area (Å²) >= 11 is 5.72. The summed E-state index contributed by atoms with van der Waals surface area (Å²) in [7, 11) is 0. The molecule has 0 spiro atoms. The lowest BCUT2D eigenvalue weighted by atomic mass is 9.85. The molecule has 1 aromatic rings. The molecule has 2 bridgehead atoms. The summed E-state index contributed by atoms with van der Waals surface area (Å²) in [5.74, 6) is -2.14. The summed E-state index contributed by atoms with van der Waals surface area (Å²) < 4.78 is 18.7. The Hall–Kier alpha value is -1.72. The summed E-state index contributed by atoms with van der Waals surface area (Å²) in [5, 5.41) is -0.113. The van der Waals surface area contributed by atoms with Crippen LogP contribution >= 0.6 is 11.6 Å². The molecule has 0 unspecified atom stereocenters. The number of ether oxygens (including phenoxy) is 1. The number of benzene rings is 1. The maximum atomic E-state index is 13.2. The number of fused-ring (bicyclic) bond motifs is 5. The zero-order valence-electron chi connectivity index (χ0n) is 10.1. The van der Waals surface area contributed by atoms with Crippen molar-refractivity contribution in [1.29, 1.82) is 0 Å². The van der Waals surface area contributed by atoms with Crippen LogP contribution in [0.5, 0.6) is 0 Å². The van der Waals surface area contributed by atoms with E-state index in [2.05, 4.69) is 0 Å². The Labute approximate surface area is 118 Å². The SMILES string of the molecule is O=C1[C@@H]2[C@H](C(=O)N1c1ccc(F)c(Cl)c1)[C@@H]1C=C[C@@H]2O1. The minimum atomic E-state index is -0.584. The maximum Gasteiger partial charge on any atom is 0.240 e. The van der Waals surface area contributed by atoms with E-state index in [9.17, 15) is 14.0 Å². The van der Waals surface area contributed by atoms with Gasteiger partial charge in [-0.2, -0.15) is 0 Å². The predicted octanol–water partition coefficient (Wildman–Crippen LogP) is 1.92. The van der Waals surface area contributed by atoms with Crippen LogP contribution in [-0.4, -0.2) is 24.0 Å². The average Bonchev–Trinajstić information content (AvgIpc) is 3.08. The second-order valence-corrected chi connectivity index (χ2v) is 5.52. The van der Waals surface area contributed by atoms with Gasteiger partial charge in [-0.1, -0.05) is 23.8 Å². The van der Waals surface area contributed by atoms with Gasteiger partial charge in [0.25, 0.3) is 0 Å². The van der Waals surface area contributed by atoms with Crippen molar-refractivity contribution in [3.63, 3.8) is 0 Å². The van der Waals surface area contributed by atoms with Crippen molar-refractivity contribution in [2.24, 2.45) is 11.8 Å². The van der Waals surface area contributed by atoms with Gasteiger partial charge in [0.2, 0.25) is 11.8 Å². The summed E-state index contributed by atoms with van der Waals surface area (Å²) in [6.45, 7) is 0. The molecule has 0 aromatic heterocycles. The smallest absolute Gasteiger partial charge is 0.240 e. The Morgan fingerprint density at radius 2 is 1.70 bits per heavy atom. The van der Waals surface area contributed by atoms with Gasteiger partial charge >= 0.3 is 0 Å². The molecule has 20 heavy (non-hydrogen) atoms. The molecular weight excluding hydrogens is 285 g/mol. The molecule has 2 amide bonds. The minimum absolute atomic E-state index is 0.113. The molecule has 102 valence electrons. The quantitative estimate of drug-likeness (QED) is 0.587. The topological polar surface area (TPSA) is 46.6 Å². The normalized spacial score (nSPS) is 34.2. The number of hydrogen-bond acceptors (Lipinski definition) is 3. The van der Waals surface area contributed by atoms with Gasteiger partial charge in [0, 0.05) is 0 Å². The summed E-state index contributed by atoms with van der Waals surface area (Å²) in [4.78, 5) is 26.0. The highest BCUT2D eigenvalue weighted by Gasteiger charge is 2.61. The summed E-state index contributed by atoms with van der Waals surface area (Å²) in [6.07, 6.45) is 2.97. The van der Waals surface area contributed by atoms with Gasteiger partial charge in [0.15, 0.2) is 0 Å². The van der Waals surface area contributed by atoms with Crippen LogP contribution in [0, 0.1) is 17.7 Å². The molecule has 4 nitrogen and oxygen atoms in total. The Kier molecular flexibility index (Phi) is 2.35. The van der Waals surface area contributed by atoms with E-state index in [1.807, 2.05) is 12.2 Å². The number of imide groups is 1. The van der Waals surface area contributed by atoms with Crippen molar-refractivity contribution in [1.82, 2.24) is 0 Å². The molecule has 0 aliphatic carbocycles. The molecule has 4 atom stereocenters. The molecule has 6 heteroatoms. The van der Waals surface area contributed by atoms with Gasteiger partial charge in [-0.25, -0.2) is 9.29 Å². The lowest BCUT2D eigenvalue weighted by Gasteiger charge is -2.17.